The lowest BCUT2D eigenvalue weighted by molar-refractivity contribution is -0.144. The number of sulfonamides is 1. The summed E-state index contributed by atoms with van der Waals surface area (Å²) in [7, 11) is -3.39. The van der Waals surface area contributed by atoms with Crippen LogP contribution in [0.25, 0.3) is 0 Å². The zero-order valence-corrected chi connectivity index (χ0v) is 12.1. The number of hydrogen-bond donors (Lipinski definition) is 2. The predicted molar refractivity (Wildman–Crippen MR) is 69.8 cm³/mol. The largest absolute Gasteiger partial charge is 0.481 e. The summed E-state index contributed by atoms with van der Waals surface area (Å²) >= 11 is 0. The van der Waals surface area contributed by atoms with Gasteiger partial charge in [0.05, 0.1) is 10.7 Å². The van der Waals surface area contributed by atoms with Crippen LogP contribution in [0.2, 0.25) is 0 Å². The van der Waals surface area contributed by atoms with E-state index in [1.807, 2.05) is 0 Å². The van der Waals surface area contributed by atoms with Crippen LogP contribution in [0, 0.1) is 11.8 Å². The molecule has 0 heterocycles. The average Bonchev–Trinajstić information content (AvgIpc) is 2.25. The minimum absolute atomic E-state index is 0.0895. The molecular weight excluding hydrogens is 254 g/mol. The molecule has 0 aromatic heterocycles. The van der Waals surface area contributed by atoms with E-state index < -0.39 is 26.7 Å². The number of hydrogen-bond acceptors (Lipinski definition) is 3. The van der Waals surface area contributed by atoms with Gasteiger partial charge in [0.2, 0.25) is 10.0 Å². The van der Waals surface area contributed by atoms with E-state index in [2.05, 4.69) is 4.72 Å². The molecule has 0 aromatic rings. The Bertz CT molecular complexity index is 397. The molecule has 1 aliphatic carbocycles. The van der Waals surface area contributed by atoms with Crippen molar-refractivity contribution in [2.45, 2.75) is 51.2 Å². The molecule has 0 saturated heterocycles. The maximum absolute atomic E-state index is 11.9. The molecule has 0 radical (unpaired) electrons. The van der Waals surface area contributed by atoms with Crippen molar-refractivity contribution in [3.8, 4) is 0 Å². The SMILES string of the molecule is CC(C)(C)S(=O)(=O)NCC1CCCCC1C(=O)O. The van der Waals surface area contributed by atoms with E-state index in [-0.39, 0.29) is 12.5 Å². The standard InChI is InChI=1S/C12H23NO4S/c1-12(2,3)18(16,17)13-8-9-6-4-5-7-10(9)11(14)15/h9-10,13H,4-8H2,1-3H3,(H,14,15). The Hall–Kier alpha value is -0.620. The van der Waals surface area contributed by atoms with Gasteiger partial charge in [0.15, 0.2) is 0 Å². The summed E-state index contributed by atoms with van der Waals surface area (Å²) in [5.74, 6) is -1.32. The van der Waals surface area contributed by atoms with E-state index in [1.165, 1.54) is 0 Å². The number of carbonyl (C=O) groups is 1. The summed E-state index contributed by atoms with van der Waals surface area (Å²) in [6.45, 7) is 5.12. The molecule has 106 valence electrons. The summed E-state index contributed by atoms with van der Waals surface area (Å²) < 4.78 is 25.5. The molecule has 1 saturated carbocycles. The minimum atomic E-state index is -3.39. The van der Waals surface area contributed by atoms with E-state index in [0.29, 0.717) is 6.42 Å². The fourth-order valence-electron chi connectivity index (χ4n) is 2.21. The Morgan fingerprint density at radius 1 is 1.28 bits per heavy atom. The van der Waals surface area contributed by atoms with Gasteiger partial charge >= 0.3 is 5.97 Å². The molecule has 1 aliphatic rings. The second-order valence-corrected chi connectivity index (χ2v) is 8.47. The highest BCUT2D eigenvalue weighted by Gasteiger charge is 2.34. The molecule has 1 fully saturated rings. The van der Waals surface area contributed by atoms with Crippen molar-refractivity contribution in [3.05, 3.63) is 0 Å². The molecule has 0 spiro atoms. The van der Waals surface area contributed by atoms with E-state index in [1.54, 1.807) is 20.8 Å². The molecule has 0 amide bonds. The summed E-state index contributed by atoms with van der Waals surface area (Å²) in [6, 6.07) is 0. The highest BCUT2D eigenvalue weighted by atomic mass is 32.2. The molecule has 18 heavy (non-hydrogen) atoms. The Labute approximate surface area is 109 Å². The lowest BCUT2D eigenvalue weighted by Crippen LogP contribution is -2.43. The van der Waals surface area contributed by atoms with Crippen LogP contribution in [0.3, 0.4) is 0 Å². The van der Waals surface area contributed by atoms with Crippen molar-refractivity contribution in [1.82, 2.24) is 4.72 Å². The Morgan fingerprint density at radius 3 is 2.33 bits per heavy atom. The van der Waals surface area contributed by atoms with Crippen molar-refractivity contribution in [2.75, 3.05) is 6.54 Å². The first kappa shape index (κ1) is 15.4. The summed E-state index contributed by atoms with van der Waals surface area (Å²) in [5, 5.41) is 9.12. The van der Waals surface area contributed by atoms with Gasteiger partial charge in [-0.05, 0) is 39.5 Å². The quantitative estimate of drug-likeness (QED) is 0.817. The van der Waals surface area contributed by atoms with Crippen molar-refractivity contribution < 1.29 is 18.3 Å². The molecular formula is C12H23NO4S. The fourth-order valence-corrected chi connectivity index (χ4v) is 3.08. The Morgan fingerprint density at radius 2 is 1.83 bits per heavy atom. The second-order valence-electron chi connectivity index (χ2n) is 5.95. The number of rotatable bonds is 4. The van der Waals surface area contributed by atoms with Crippen LogP contribution in [0.5, 0.6) is 0 Å². The van der Waals surface area contributed by atoms with Gasteiger partial charge in [0.1, 0.15) is 0 Å². The lowest BCUT2D eigenvalue weighted by Gasteiger charge is -2.30. The van der Waals surface area contributed by atoms with Crippen LogP contribution < -0.4 is 4.72 Å². The highest BCUT2D eigenvalue weighted by Crippen LogP contribution is 2.30. The van der Waals surface area contributed by atoms with Crippen molar-refractivity contribution >= 4 is 16.0 Å². The summed E-state index contributed by atoms with van der Waals surface area (Å²) in [6.07, 6.45) is 3.33. The predicted octanol–water partition coefficient (Wildman–Crippen LogP) is 1.60. The number of carboxylic acids is 1. The molecule has 2 N–H and O–H groups in total. The van der Waals surface area contributed by atoms with Gasteiger partial charge < -0.3 is 5.11 Å². The summed E-state index contributed by atoms with van der Waals surface area (Å²) in [5.41, 5.74) is 0. The molecule has 0 aromatic carbocycles. The smallest absolute Gasteiger partial charge is 0.306 e. The normalized spacial score (nSPS) is 25.9. The third kappa shape index (κ3) is 3.68. The topological polar surface area (TPSA) is 83.5 Å². The van der Waals surface area contributed by atoms with E-state index in [9.17, 15) is 13.2 Å². The van der Waals surface area contributed by atoms with Gasteiger partial charge in [0, 0.05) is 6.54 Å². The monoisotopic (exact) mass is 277 g/mol. The van der Waals surface area contributed by atoms with Crippen molar-refractivity contribution in [1.29, 1.82) is 0 Å². The van der Waals surface area contributed by atoms with Crippen molar-refractivity contribution in [2.24, 2.45) is 11.8 Å². The fraction of sp³-hybridized carbons (Fsp3) is 0.917. The van der Waals surface area contributed by atoms with Crippen LogP contribution in [-0.2, 0) is 14.8 Å². The highest BCUT2D eigenvalue weighted by molar-refractivity contribution is 7.90. The van der Waals surface area contributed by atoms with Crippen LogP contribution in [0.1, 0.15) is 46.5 Å². The van der Waals surface area contributed by atoms with Gasteiger partial charge in [0.25, 0.3) is 0 Å². The number of nitrogens with one attached hydrogen (secondary N) is 1. The number of aliphatic carboxylic acids is 1. The van der Waals surface area contributed by atoms with Crippen LogP contribution in [0.4, 0.5) is 0 Å². The van der Waals surface area contributed by atoms with Gasteiger partial charge in [-0.15, -0.1) is 0 Å². The van der Waals surface area contributed by atoms with Crippen molar-refractivity contribution in [3.63, 3.8) is 0 Å². The maximum Gasteiger partial charge on any atom is 0.306 e. The molecule has 0 bridgehead atoms. The van der Waals surface area contributed by atoms with Crippen LogP contribution in [0.15, 0.2) is 0 Å². The lowest BCUT2D eigenvalue weighted by atomic mass is 9.79. The first-order chi connectivity index (χ1) is 8.15. The third-order valence-corrected chi connectivity index (χ3v) is 5.73. The van der Waals surface area contributed by atoms with E-state index >= 15 is 0 Å². The van der Waals surface area contributed by atoms with E-state index in [0.717, 1.165) is 19.3 Å². The van der Waals surface area contributed by atoms with Gasteiger partial charge in [-0.1, -0.05) is 12.8 Å². The zero-order valence-electron chi connectivity index (χ0n) is 11.3. The Kier molecular flexibility index (Phi) is 4.78. The van der Waals surface area contributed by atoms with Gasteiger partial charge in [-0.2, -0.15) is 0 Å². The Balaban J connectivity index is 2.64. The number of carboxylic acid groups (broad SMARTS) is 1. The van der Waals surface area contributed by atoms with Crippen LogP contribution in [-0.4, -0.2) is 30.8 Å². The molecule has 2 atom stereocenters. The van der Waals surface area contributed by atoms with Gasteiger partial charge in [-0.3, -0.25) is 4.79 Å². The zero-order chi connectivity index (χ0) is 14.0. The van der Waals surface area contributed by atoms with E-state index in [4.69, 9.17) is 5.11 Å². The second kappa shape index (κ2) is 5.57. The molecule has 2 unspecified atom stereocenters. The average molecular weight is 277 g/mol. The first-order valence-corrected chi connectivity index (χ1v) is 7.85. The minimum Gasteiger partial charge on any atom is -0.481 e. The molecule has 6 heteroatoms. The molecule has 0 aliphatic heterocycles. The van der Waals surface area contributed by atoms with Gasteiger partial charge in [-0.25, -0.2) is 13.1 Å². The maximum atomic E-state index is 11.9. The molecule has 1 rings (SSSR count). The third-order valence-electron chi connectivity index (χ3n) is 3.57. The first-order valence-electron chi connectivity index (χ1n) is 6.37. The van der Waals surface area contributed by atoms with Crippen LogP contribution >= 0.6 is 0 Å². The molecule has 5 nitrogen and oxygen atoms in total. The summed E-state index contributed by atoms with van der Waals surface area (Å²) in [4.78, 5) is 11.1.